The van der Waals surface area contributed by atoms with Crippen LogP contribution in [0.25, 0.3) is 11.4 Å². The number of aromatic nitrogens is 3. The highest BCUT2D eigenvalue weighted by Gasteiger charge is 2.30. The molecule has 1 aliphatic rings. The fourth-order valence-corrected chi connectivity index (χ4v) is 2.82. The molecular formula is C18H24N4O3. The number of hydrogen-bond acceptors (Lipinski definition) is 6. The van der Waals surface area contributed by atoms with Gasteiger partial charge in [0.1, 0.15) is 6.61 Å². The maximum atomic E-state index is 12.3. The summed E-state index contributed by atoms with van der Waals surface area (Å²) < 4.78 is 11.1. The molecule has 0 radical (unpaired) electrons. The van der Waals surface area contributed by atoms with Crippen molar-refractivity contribution in [1.29, 1.82) is 0 Å². The first-order valence-electron chi connectivity index (χ1n) is 8.57. The summed E-state index contributed by atoms with van der Waals surface area (Å²) in [4.78, 5) is 22.5. The predicted octanol–water partition coefficient (Wildman–Crippen LogP) is 2.69. The standard InChI is InChI=1S/C18H24N4O3/c1-18(2,3)17(23)22-10-6-14(7-11-22)24-12-15-20-16(21-25-15)13-4-8-19-9-5-13/h4-5,8-9,14H,6-7,10-12H2,1-3H3. The van der Waals surface area contributed by atoms with Gasteiger partial charge in [-0.05, 0) is 25.0 Å². The van der Waals surface area contributed by atoms with Crippen LogP contribution in [0.1, 0.15) is 39.5 Å². The average Bonchev–Trinajstić information content (AvgIpc) is 3.09. The van der Waals surface area contributed by atoms with Crippen molar-refractivity contribution in [2.45, 2.75) is 46.3 Å². The molecule has 0 aliphatic carbocycles. The van der Waals surface area contributed by atoms with Crippen LogP contribution >= 0.6 is 0 Å². The van der Waals surface area contributed by atoms with E-state index in [2.05, 4.69) is 15.1 Å². The van der Waals surface area contributed by atoms with Crippen LogP contribution in [0.2, 0.25) is 0 Å². The normalized spacial score (nSPS) is 16.2. The summed E-state index contributed by atoms with van der Waals surface area (Å²) in [6.45, 7) is 7.60. The van der Waals surface area contributed by atoms with Crippen molar-refractivity contribution in [3.05, 3.63) is 30.4 Å². The molecule has 25 heavy (non-hydrogen) atoms. The van der Waals surface area contributed by atoms with Gasteiger partial charge in [0.25, 0.3) is 5.89 Å². The van der Waals surface area contributed by atoms with Crippen molar-refractivity contribution >= 4 is 5.91 Å². The molecule has 0 spiro atoms. The van der Waals surface area contributed by atoms with Gasteiger partial charge in [-0.15, -0.1) is 0 Å². The van der Waals surface area contributed by atoms with Crippen molar-refractivity contribution in [1.82, 2.24) is 20.0 Å². The van der Waals surface area contributed by atoms with E-state index in [0.717, 1.165) is 31.5 Å². The summed E-state index contributed by atoms with van der Waals surface area (Å²) in [6, 6.07) is 3.66. The highest BCUT2D eigenvalue weighted by Crippen LogP contribution is 2.22. The minimum atomic E-state index is -0.333. The Bertz CT molecular complexity index is 701. The summed E-state index contributed by atoms with van der Waals surface area (Å²) >= 11 is 0. The monoisotopic (exact) mass is 344 g/mol. The molecule has 0 N–H and O–H groups in total. The van der Waals surface area contributed by atoms with Crippen molar-refractivity contribution in [2.24, 2.45) is 5.41 Å². The molecular weight excluding hydrogens is 320 g/mol. The van der Waals surface area contributed by atoms with Gasteiger partial charge >= 0.3 is 0 Å². The molecule has 0 unspecified atom stereocenters. The van der Waals surface area contributed by atoms with Gasteiger partial charge in [0, 0.05) is 36.5 Å². The van der Waals surface area contributed by atoms with Crippen molar-refractivity contribution in [2.75, 3.05) is 13.1 Å². The lowest BCUT2D eigenvalue weighted by atomic mass is 9.93. The molecule has 134 valence electrons. The molecule has 1 saturated heterocycles. The van der Waals surface area contributed by atoms with Crippen LogP contribution < -0.4 is 0 Å². The molecule has 1 fully saturated rings. The van der Waals surface area contributed by atoms with Gasteiger partial charge in [-0.1, -0.05) is 25.9 Å². The molecule has 0 bridgehead atoms. The Morgan fingerprint density at radius 2 is 1.96 bits per heavy atom. The number of ether oxygens (including phenoxy) is 1. The van der Waals surface area contributed by atoms with E-state index in [1.54, 1.807) is 12.4 Å². The Balaban J connectivity index is 1.48. The summed E-state index contributed by atoms with van der Waals surface area (Å²) in [5.41, 5.74) is 0.528. The molecule has 3 heterocycles. The number of carbonyl (C=O) groups excluding carboxylic acids is 1. The summed E-state index contributed by atoms with van der Waals surface area (Å²) in [5.74, 6) is 1.19. The van der Waals surface area contributed by atoms with E-state index in [0.29, 0.717) is 11.7 Å². The number of piperidine rings is 1. The Hall–Kier alpha value is -2.28. The van der Waals surface area contributed by atoms with Gasteiger partial charge in [0.2, 0.25) is 11.7 Å². The number of nitrogens with zero attached hydrogens (tertiary/aromatic N) is 4. The van der Waals surface area contributed by atoms with Gasteiger partial charge in [-0.2, -0.15) is 4.98 Å². The summed E-state index contributed by atoms with van der Waals surface area (Å²) in [7, 11) is 0. The number of rotatable bonds is 4. The summed E-state index contributed by atoms with van der Waals surface area (Å²) in [5, 5.41) is 3.97. The quantitative estimate of drug-likeness (QED) is 0.848. The van der Waals surface area contributed by atoms with E-state index < -0.39 is 0 Å². The van der Waals surface area contributed by atoms with Gasteiger partial charge < -0.3 is 14.2 Å². The average molecular weight is 344 g/mol. The first kappa shape index (κ1) is 17.5. The highest BCUT2D eigenvalue weighted by molar-refractivity contribution is 5.81. The third-order valence-corrected chi connectivity index (χ3v) is 4.22. The Morgan fingerprint density at radius 1 is 1.28 bits per heavy atom. The summed E-state index contributed by atoms with van der Waals surface area (Å²) in [6.07, 6.45) is 5.14. The molecule has 0 aromatic carbocycles. The molecule has 3 rings (SSSR count). The first-order chi connectivity index (χ1) is 11.9. The molecule has 7 nitrogen and oxygen atoms in total. The number of likely N-dealkylation sites (tertiary alicyclic amines) is 1. The second-order valence-corrected chi connectivity index (χ2v) is 7.30. The van der Waals surface area contributed by atoms with Crippen LogP contribution in [0.4, 0.5) is 0 Å². The largest absolute Gasteiger partial charge is 0.368 e. The minimum absolute atomic E-state index is 0.111. The molecule has 2 aromatic rings. The molecule has 1 amide bonds. The van der Waals surface area contributed by atoms with Crippen molar-refractivity contribution < 1.29 is 14.1 Å². The van der Waals surface area contributed by atoms with E-state index in [9.17, 15) is 4.79 Å². The van der Waals surface area contributed by atoms with Crippen LogP contribution in [0, 0.1) is 5.41 Å². The van der Waals surface area contributed by atoms with Crippen molar-refractivity contribution in [3.8, 4) is 11.4 Å². The van der Waals surface area contributed by atoms with Crippen LogP contribution in [0.15, 0.2) is 29.0 Å². The van der Waals surface area contributed by atoms with E-state index in [4.69, 9.17) is 9.26 Å². The number of pyridine rings is 1. The maximum absolute atomic E-state index is 12.3. The lowest BCUT2D eigenvalue weighted by Gasteiger charge is -2.35. The van der Waals surface area contributed by atoms with Gasteiger partial charge in [-0.3, -0.25) is 9.78 Å². The predicted molar refractivity (Wildman–Crippen MR) is 91.4 cm³/mol. The fourth-order valence-electron chi connectivity index (χ4n) is 2.82. The van der Waals surface area contributed by atoms with E-state index in [1.165, 1.54) is 0 Å². The number of carbonyl (C=O) groups is 1. The Morgan fingerprint density at radius 3 is 2.60 bits per heavy atom. The number of hydrogen-bond donors (Lipinski definition) is 0. The first-order valence-corrected chi connectivity index (χ1v) is 8.57. The third kappa shape index (κ3) is 4.42. The van der Waals surface area contributed by atoms with Crippen LogP contribution in [0.5, 0.6) is 0 Å². The van der Waals surface area contributed by atoms with E-state index >= 15 is 0 Å². The van der Waals surface area contributed by atoms with E-state index in [-0.39, 0.29) is 24.0 Å². The second kappa shape index (κ2) is 7.31. The fraction of sp³-hybridized carbons (Fsp3) is 0.556. The molecule has 7 heteroatoms. The molecule has 2 aromatic heterocycles. The van der Waals surface area contributed by atoms with Crippen LogP contribution in [-0.4, -0.2) is 45.1 Å². The zero-order valence-corrected chi connectivity index (χ0v) is 14.9. The van der Waals surface area contributed by atoms with Gasteiger partial charge in [0.15, 0.2) is 0 Å². The zero-order valence-electron chi connectivity index (χ0n) is 14.9. The Kier molecular flexibility index (Phi) is 5.13. The minimum Gasteiger partial charge on any atom is -0.368 e. The molecule has 0 saturated carbocycles. The Labute approximate surface area is 147 Å². The highest BCUT2D eigenvalue weighted by atomic mass is 16.5. The lowest BCUT2D eigenvalue weighted by Crippen LogP contribution is -2.45. The third-order valence-electron chi connectivity index (χ3n) is 4.22. The SMILES string of the molecule is CC(C)(C)C(=O)N1CCC(OCc2nc(-c3ccncc3)no2)CC1. The van der Waals surface area contributed by atoms with Crippen molar-refractivity contribution in [3.63, 3.8) is 0 Å². The maximum Gasteiger partial charge on any atom is 0.252 e. The van der Waals surface area contributed by atoms with E-state index in [1.807, 2.05) is 37.8 Å². The smallest absolute Gasteiger partial charge is 0.252 e. The topological polar surface area (TPSA) is 81.4 Å². The number of amides is 1. The van der Waals surface area contributed by atoms with Crippen LogP contribution in [0.3, 0.4) is 0 Å². The van der Waals surface area contributed by atoms with Gasteiger partial charge in [-0.25, -0.2) is 0 Å². The second-order valence-electron chi connectivity index (χ2n) is 7.30. The molecule has 1 aliphatic heterocycles. The van der Waals surface area contributed by atoms with Crippen LogP contribution in [-0.2, 0) is 16.1 Å². The molecule has 0 atom stereocenters. The lowest BCUT2D eigenvalue weighted by molar-refractivity contribution is -0.142. The zero-order chi connectivity index (χ0) is 17.9. The van der Waals surface area contributed by atoms with Gasteiger partial charge in [0.05, 0.1) is 6.10 Å².